The number of ether oxygens (including phenoxy) is 2. The number of nitrogens with two attached hydrogens (primary N) is 1. The second-order valence-electron chi connectivity index (χ2n) is 17.6. The molecule has 18 nitrogen and oxygen atoms in total. The van der Waals surface area contributed by atoms with Crippen molar-refractivity contribution in [2.45, 2.75) is 116 Å². The number of nitrogens with one attached hydrogen (secondary N) is 5. The van der Waals surface area contributed by atoms with Gasteiger partial charge in [0.15, 0.2) is 0 Å². The Labute approximate surface area is 386 Å². The first-order valence-corrected chi connectivity index (χ1v) is 23.6. The summed E-state index contributed by atoms with van der Waals surface area (Å²) in [4.78, 5) is 95.3. The Balaban J connectivity index is 1.49. The van der Waals surface area contributed by atoms with Crippen LogP contribution in [0.3, 0.4) is 0 Å². The van der Waals surface area contributed by atoms with Crippen LogP contribution in [0.25, 0.3) is 0 Å². The van der Waals surface area contributed by atoms with E-state index >= 15 is 0 Å². The van der Waals surface area contributed by atoms with Gasteiger partial charge in [-0.05, 0) is 62.6 Å². The number of hydrogen-bond acceptors (Lipinski definition) is 11. The molecule has 0 aromatic heterocycles. The van der Waals surface area contributed by atoms with Crippen LogP contribution >= 0.6 is 0 Å². The van der Waals surface area contributed by atoms with Crippen LogP contribution in [0, 0.1) is 5.92 Å². The largest absolute Gasteiger partial charge is 0.460 e. The zero-order chi connectivity index (χ0) is 48.4. The zero-order valence-electron chi connectivity index (χ0n) is 38.1. The number of amides is 6. The average molecular weight is 934 g/mol. The fraction of sp³-hybridized carbons (Fsp3) is 0.468. The van der Waals surface area contributed by atoms with E-state index in [4.69, 9.17) is 15.2 Å². The molecule has 0 bridgehead atoms. The van der Waals surface area contributed by atoms with E-state index in [2.05, 4.69) is 26.0 Å². The van der Waals surface area contributed by atoms with Gasteiger partial charge in [0.2, 0.25) is 39.6 Å². The van der Waals surface area contributed by atoms with Crippen molar-refractivity contribution in [3.8, 4) is 0 Å². The number of carbonyl (C=O) groups is 7. The van der Waals surface area contributed by atoms with E-state index in [1.54, 1.807) is 106 Å². The number of alkyl carbamates (subject to hydrolysis) is 1. The molecule has 1 aliphatic rings. The van der Waals surface area contributed by atoms with E-state index in [1.165, 1.54) is 4.90 Å². The highest BCUT2D eigenvalue weighted by atomic mass is 32.2. The van der Waals surface area contributed by atoms with Gasteiger partial charge < -0.3 is 41.4 Å². The van der Waals surface area contributed by atoms with Gasteiger partial charge in [-0.25, -0.2) is 17.9 Å². The molecule has 66 heavy (non-hydrogen) atoms. The first-order valence-electron chi connectivity index (χ1n) is 21.9. The Morgan fingerprint density at radius 2 is 1.26 bits per heavy atom. The van der Waals surface area contributed by atoms with Crippen LogP contribution in [0.5, 0.6) is 0 Å². The Hall–Kier alpha value is -6.34. The standard InChI is InChI=1S/C47H63N7O11S/c1-31(2)26-38(53-66(62,63)25-23-49-46(61)64-30-34-20-13-8-14-21-34)45(60)54-24-15-22-39(54)44(59)52-37(28-33-18-11-7-12-19-33)43(58)51-36(27-32-16-9-6-10-17-32)42(57)50-35(41(48)56)29-40(55)65-47(3,4)5/h6-14,16-21,31,35-39,53H,15,22-30H2,1-5H3,(H2,48,56)(H,49,61)(H,50,57)(H,51,58)(H,52,59)/t35-,36-,37-,38-,39-/m0/s1. The summed E-state index contributed by atoms with van der Waals surface area (Å²) in [5.41, 5.74) is 6.77. The first kappa shape index (κ1) is 52.3. The normalized spacial score (nSPS) is 15.7. The Morgan fingerprint density at radius 3 is 1.77 bits per heavy atom. The number of benzene rings is 3. The second-order valence-corrected chi connectivity index (χ2v) is 19.4. The fourth-order valence-electron chi connectivity index (χ4n) is 7.21. The molecule has 0 radical (unpaired) electrons. The SMILES string of the molecule is CC(C)C[C@H](NS(=O)(=O)CCNC(=O)OCc1ccccc1)C(=O)N1CCC[C@H]1C(=O)N[C@@H](Cc1ccccc1)C(=O)N[C@@H](Cc1ccccc1)C(=O)N[C@@H](CC(=O)OC(C)(C)C)C(N)=O. The summed E-state index contributed by atoms with van der Waals surface area (Å²) in [6.45, 7) is 8.42. The highest BCUT2D eigenvalue weighted by molar-refractivity contribution is 7.89. The summed E-state index contributed by atoms with van der Waals surface area (Å²) < 4.78 is 39.5. The van der Waals surface area contributed by atoms with E-state index < -0.39 is 99.6 Å². The summed E-state index contributed by atoms with van der Waals surface area (Å²) in [5.74, 6) is -5.35. The van der Waals surface area contributed by atoms with Gasteiger partial charge in [-0.1, -0.05) is 105 Å². The molecule has 0 spiro atoms. The van der Waals surface area contributed by atoms with E-state index in [-0.39, 0.29) is 51.3 Å². The summed E-state index contributed by atoms with van der Waals surface area (Å²) in [5, 5.41) is 10.4. The minimum atomic E-state index is -4.14. The molecular formula is C47H63N7O11S. The number of likely N-dealkylation sites (tertiary alicyclic amines) is 1. The molecule has 19 heteroatoms. The number of primary amides is 1. The monoisotopic (exact) mass is 933 g/mol. The maximum Gasteiger partial charge on any atom is 0.407 e. The molecule has 1 aliphatic heterocycles. The van der Waals surface area contributed by atoms with E-state index in [9.17, 15) is 42.0 Å². The number of esters is 1. The quantitative estimate of drug-likeness (QED) is 0.0753. The highest BCUT2D eigenvalue weighted by Crippen LogP contribution is 2.22. The van der Waals surface area contributed by atoms with E-state index in [1.807, 2.05) is 19.9 Å². The molecule has 3 aromatic carbocycles. The molecule has 1 heterocycles. The van der Waals surface area contributed by atoms with Gasteiger partial charge in [-0.15, -0.1) is 0 Å². The van der Waals surface area contributed by atoms with Crippen molar-refractivity contribution >= 4 is 51.6 Å². The number of rotatable bonds is 23. The van der Waals surface area contributed by atoms with Crippen molar-refractivity contribution in [1.82, 2.24) is 30.9 Å². The van der Waals surface area contributed by atoms with Crippen LogP contribution in [0.4, 0.5) is 4.79 Å². The van der Waals surface area contributed by atoms with E-state index in [0.717, 1.165) is 5.56 Å². The van der Waals surface area contributed by atoms with Gasteiger partial charge in [-0.3, -0.25) is 28.8 Å². The predicted molar refractivity (Wildman–Crippen MR) is 245 cm³/mol. The van der Waals surface area contributed by atoms with Crippen molar-refractivity contribution < 1.29 is 51.5 Å². The summed E-state index contributed by atoms with van der Waals surface area (Å²) >= 11 is 0. The van der Waals surface area contributed by atoms with Crippen molar-refractivity contribution in [1.29, 1.82) is 0 Å². The average Bonchev–Trinajstić information content (AvgIpc) is 3.75. The summed E-state index contributed by atoms with van der Waals surface area (Å²) in [6, 6.07) is 20.1. The number of hydrogen-bond donors (Lipinski definition) is 6. The predicted octanol–water partition coefficient (Wildman–Crippen LogP) is 2.39. The molecule has 7 N–H and O–H groups in total. The molecule has 1 saturated heterocycles. The minimum absolute atomic E-state index is 0.00562. The smallest absolute Gasteiger partial charge is 0.407 e. The van der Waals surface area contributed by atoms with Crippen LogP contribution in [0.15, 0.2) is 91.0 Å². The van der Waals surface area contributed by atoms with Gasteiger partial charge in [0.05, 0.1) is 12.2 Å². The Bertz CT molecular complexity index is 2220. The lowest BCUT2D eigenvalue weighted by Crippen LogP contribution is -2.59. The van der Waals surface area contributed by atoms with Crippen LogP contribution in [-0.4, -0.2) is 110 Å². The third kappa shape index (κ3) is 17.9. The van der Waals surface area contributed by atoms with E-state index in [0.29, 0.717) is 17.5 Å². The topological polar surface area (TPSA) is 262 Å². The van der Waals surface area contributed by atoms with Crippen molar-refractivity contribution in [3.63, 3.8) is 0 Å². The van der Waals surface area contributed by atoms with Crippen molar-refractivity contribution in [3.05, 3.63) is 108 Å². The van der Waals surface area contributed by atoms with Crippen LogP contribution < -0.4 is 31.7 Å². The van der Waals surface area contributed by atoms with Crippen LogP contribution in [0.2, 0.25) is 0 Å². The van der Waals surface area contributed by atoms with Gasteiger partial charge >= 0.3 is 12.1 Å². The number of carbonyl (C=O) groups excluding carboxylic acids is 7. The maximum atomic E-state index is 14.3. The van der Waals surface area contributed by atoms with Gasteiger partial charge in [0.25, 0.3) is 0 Å². The number of sulfonamides is 1. The molecule has 358 valence electrons. The van der Waals surface area contributed by atoms with Crippen LogP contribution in [0.1, 0.15) is 77.0 Å². The maximum absolute atomic E-state index is 14.3. The summed E-state index contributed by atoms with van der Waals surface area (Å²) in [6.07, 6.45) is -0.697. The lowest BCUT2D eigenvalue weighted by atomic mass is 10.0. The first-order chi connectivity index (χ1) is 31.2. The zero-order valence-corrected chi connectivity index (χ0v) is 38.9. The summed E-state index contributed by atoms with van der Waals surface area (Å²) in [7, 11) is -4.14. The van der Waals surface area contributed by atoms with Crippen LogP contribution in [-0.2, 0) is 67.7 Å². The second kappa shape index (κ2) is 24.8. The molecule has 0 unspecified atom stereocenters. The van der Waals surface area contributed by atoms with Gasteiger partial charge in [-0.2, -0.15) is 0 Å². The molecule has 6 amide bonds. The Kier molecular flexibility index (Phi) is 19.7. The Morgan fingerprint density at radius 1 is 0.742 bits per heavy atom. The molecule has 5 atom stereocenters. The number of nitrogens with zero attached hydrogens (tertiary/aromatic N) is 1. The molecule has 1 fully saturated rings. The molecule has 0 aliphatic carbocycles. The molecule has 0 saturated carbocycles. The fourth-order valence-corrected chi connectivity index (χ4v) is 8.33. The van der Waals surface area contributed by atoms with Crippen molar-refractivity contribution in [2.24, 2.45) is 11.7 Å². The minimum Gasteiger partial charge on any atom is -0.460 e. The van der Waals surface area contributed by atoms with Crippen molar-refractivity contribution in [2.75, 3.05) is 18.8 Å². The lowest BCUT2D eigenvalue weighted by molar-refractivity contribution is -0.156. The van der Waals surface area contributed by atoms with Gasteiger partial charge in [0, 0.05) is 25.9 Å². The third-order valence-corrected chi connectivity index (χ3v) is 11.7. The molecular weight excluding hydrogens is 871 g/mol. The third-order valence-electron chi connectivity index (χ3n) is 10.3. The highest BCUT2D eigenvalue weighted by Gasteiger charge is 2.40. The van der Waals surface area contributed by atoms with Gasteiger partial charge in [0.1, 0.15) is 42.4 Å². The molecule has 3 aromatic rings. The molecule has 4 rings (SSSR count). The lowest BCUT2D eigenvalue weighted by Gasteiger charge is -2.31.